The lowest BCUT2D eigenvalue weighted by atomic mass is 10.0. The molecular weight excluding hydrogens is 352 g/mol. The van der Waals surface area contributed by atoms with Gasteiger partial charge in [-0.1, -0.05) is 41.9 Å². The molecule has 3 rings (SSSR count). The van der Waals surface area contributed by atoms with Gasteiger partial charge in [0.25, 0.3) is 0 Å². The summed E-state index contributed by atoms with van der Waals surface area (Å²) in [5, 5.41) is 18.5. The molecule has 2 aromatic rings. The average Bonchev–Trinajstić information content (AvgIpc) is 3.28. The summed E-state index contributed by atoms with van der Waals surface area (Å²) in [4.78, 5) is 11.8. The minimum Gasteiger partial charge on any atom is -0.481 e. The molecule has 0 amide bonds. The number of carboxylic acids is 1. The summed E-state index contributed by atoms with van der Waals surface area (Å²) < 4.78 is 25.9. The van der Waals surface area contributed by atoms with E-state index in [0.717, 1.165) is 0 Å². The number of rotatable bonds is 5. The lowest BCUT2D eigenvalue weighted by Gasteiger charge is -2.09. The van der Waals surface area contributed by atoms with Gasteiger partial charge in [-0.05, 0) is 29.8 Å². The van der Waals surface area contributed by atoms with Crippen LogP contribution in [0.1, 0.15) is 11.5 Å². The van der Waals surface area contributed by atoms with Crippen LogP contribution in [-0.4, -0.2) is 36.5 Å². The first-order valence-corrected chi connectivity index (χ1v) is 9.17. The molecule has 7 heteroatoms. The van der Waals surface area contributed by atoms with Gasteiger partial charge in [0.05, 0.1) is 16.8 Å². The highest BCUT2D eigenvalue weighted by Crippen LogP contribution is 2.64. The molecule has 1 saturated carbocycles. The van der Waals surface area contributed by atoms with Crippen LogP contribution < -0.4 is 0 Å². The van der Waals surface area contributed by atoms with E-state index in [1.54, 1.807) is 30.3 Å². The van der Waals surface area contributed by atoms with E-state index in [1.807, 2.05) is 0 Å². The third kappa shape index (κ3) is 2.42. The van der Waals surface area contributed by atoms with Crippen molar-refractivity contribution in [2.75, 3.05) is 6.61 Å². The Kier molecular flexibility index (Phi) is 4.15. The molecule has 24 heavy (non-hydrogen) atoms. The van der Waals surface area contributed by atoms with Gasteiger partial charge in [-0.15, -0.1) is 0 Å². The Morgan fingerprint density at radius 3 is 2.17 bits per heavy atom. The Balaban J connectivity index is 2.11. The molecule has 0 aromatic heterocycles. The molecule has 2 aromatic carbocycles. The Hall–Kier alpha value is -1.89. The van der Waals surface area contributed by atoms with E-state index in [1.165, 1.54) is 24.3 Å². The maximum Gasteiger partial charge on any atom is 0.314 e. The molecule has 0 radical (unpaired) electrons. The fourth-order valence-corrected chi connectivity index (χ4v) is 5.76. The number of benzene rings is 2. The summed E-state index contributed by atoms with van der Waals surface area (Å²) in [6.07, 6.45) is 0. The van der Waals surface area contributed by atoms with Crippen LogP contribution in [0.25, 0.3) is 0 Å². The topological polar surface area (TPSA) is 91.7 Å². The third-order valence-corrected chi connectivity index (χ3v) is 7.09. The van der Waals surface area contributed by atoms with Crippen molar-refractivity contribution in [2.45, 2.75) is 16.1 Å². The van der Waals surface area contributed by atoms with Gasteiger partial charge in [-0.2, -0.15) is 0 Å². The Bertz CT molecular complexity index is 864. The van der Waals surface area contributed by atoms with Gasteiger partial charge < -0.3 is 10.2 Å². The number of aliphatic hydroxyl groups excluding tert-OH is 1. The fraction of sp³-hybridized carbons (Fsp3) is 0.235. The zero-order valence-corrected chi connectivity index (χ0v) is 14.0. The van der Waals surface area contributed by atoms with Crippen LogP contribution >= 0.6 is 11.6 Å². The van der Waals surface area contributed by atoms with Gasteiger partial charge in [0, 0.05) is 10.9 Å². The Morgan fingerprint density at radius 1 is 1.08 bits per heavy atom. The Labute approximate surface area is 144 Å². The maximum atomic E-state index is 13.0. The molecule has 5 nitrogen and oxygen atoms in total. The third-order valence-electron chi connectivity index (χ3n) is 4.55. The lowest BCUT2D eigenvalue weighted by Crippen LogP contribution is -2.27. The van der Waals surface area contributed by atoms with E-state index in [0.29, 0.717) is 10.6 Å². The number of sulfone groups is 1. The van der Waals surface area contributed by atoms with E-state index in [9.17, 15) is 23.4 Å². The molecule has 1 aliphatic rings. The molecule has 1 fully saturated rings. The molecule has 0 heterocycles. The van der Waals surface area contributed by atoms with Gasteiger partial charge >= 0.3 is 5.97 Å². The van der Waals surface area contributed by atoms with E-state index >= 15 is 0 Å². The average molecular weight is 367 g/mol. The lowest BCUT2D eigenvalue weighted by molar-refractivity contribution is -0.145. The van der Waals surface area contributed by atoms with E-state index in [4.69, 9.17) is 11.6 Å². The van der Waals surface area contributed by atoms with Crippen molar-refractivity contribution in [1.82, 2.24) is 0 Å². The van der Waals surface area contributed by atoms with Crippen LogP contribution in [0.15, 0.2) is 59.5 Å². The zero-order chi connectivity index (χ0) is 17.5. The molecule has 0 saturated heterocycles. The second kappa shape index (κ2) is 5.88. The van der Waals surface area contributed by atoms with Gasteiger partial charge in [0.2, 0.25) is 0 Å². The van der Waals surface area contributed by atoms with Gasteiger partial charge in [-0.3, -0.25) is 4.79 Å². The minimum atomic E-state index is -3.94. The van der Waals surface area contributed by atoms with Crippen LogP contribution in [0, 0.1) is 5.41 Å². The number of aliphatic carboxylic acids is 1. The van der Waals surface area contributed by atoms with Crippen molar-refractivity contribution in [3.8, 4) is 0 Å². The van der Waals surface area contributed by atoms with E-state index in [-0.39, 0.29) is 4.90 Å². The summed E-state index contributed by atoms with van der Waals surface area (Å²) in [5.41, 5.74) is -1.16. The molecule has 0 spiro atoms. The number of hydrogen-bond acceptors (Lipinski definition) is 4. The minimum absolute atomic E-state index is 0.00518. The molecule has 3 atom stereocenters. The van der Waals surface area contributed by atoms with Crippen LogP contribution in [0.4, 0.5) is 0 Å². The largest absolute Gasteiger partial charge is 0.481 e. The summed E-state index contributed by atoms with van der Waals surface area (Å²) in [6, 6.07) is 14.1. The molecule has 0 aliphatic heterocycles. The van der Waals surface area contributed by atoms with E-state index in [2.05, 4.69) is 0 Å². The number of halogens is 1. The normalized spacial score (nSPS) is 26.1. The van der Waals surface area contributed by atoms with Gasteiger partial charge in [-0.25, -0.2) is 8.42 Å². The van der Waals surface area contributed by atoms with Crippen molar-refractivity contribution in [1.29, 1.82) is 0 Å². The predicted octanol–water partition coefficient (Wildman–Crippen LogP) is 2.34. The van der Waals surface area contributed by atoms with Crippen molar-refractivity contribution in [3.63, 3.8) is 0 Å². The van der Waals surface area contributed by atoms with Crippen LogP contribution in [0.2, 0.25) is 5.02 Å². The predicted molar refractivity (Wildman–Crippen MR) is 88.8 cm³/mol. The SMILES string of the molecule is O=C(O)[C@]1(CO)[C@H](c2ccccc2)[C@@H]1S(=O)(=O)c1ccc(Cl)cc1. The number of aliphatic hydroxyl groups is 1. The van der Waals surface area contributed by atoms with E-state index < -0.39 is 39.0 Å². The highest BCUT2D eigenvalue weighted by molar-refractivity contribution is 7.92. The number of carboxylic acid groups (broad SMARTS) is 1. The summed E-state index contributed by atoms with van der Waals surface area (Å²) in [6.45, 7) is -0.751. The van der Waals surface area contributed by atoms with Gasteiger partial charge in [0.15, 0.2) is 9.84 Å². The van der Waals surface area contributed by atoms with Crippen molar-refractivity contribution in [2.24, 2.45) is 5.41 Å². The van der Waals surface area contributed by atoms with Crippen molar-refractivity contribution < 1.29 is 23.4 Å². The van der Waals surface area contributed by atoms with Gasteiger partial charge in [0.1, 0.15) is 5.41 Å². The quantitative estimate of drug-likeness (QED) is 0.847. The van der Waals surface area contributed by atoms with Crippen LogP contribution in [-0.2, 0) is 14.6 Å². The number of hydrogen-bond donors (Lipinski definition) is 2. The highest BCUT2D eigenvalue weighted by atomic mass is 35.5. The highest BCUT2D eigenvalue weighted by Gasteiger charge is 2.75. The second-order valence-corrected chi connectivity index (χ2v) is 8.32. The smallest absolute Gasteiger partial charge is 0.314 e. The fourth-order valence-electron chi connectivity index (χ4n) is 3.27. The molecular formula is C17H15ClO5S. The standard InChI is InChI=1S/C17H15ClO5S/c18-12-6-8-13(9-7-12)24(22,23)15-14(11-4-2-1-3-5-11)17(15,10-19)16(20)21/h1-9,14-15,19H,10H2,(H,20,21)/t14-,15+,17-/m1/s1. The first kappa shape index (κ1) is 17.0. The zero-order valence-electron chi connectivity index (χ0n) is 12.5. The Morgan fingerprint density at radius 2 is 1.67 bits per heavy atom. The van der Waals surface area contributed by atoms with Crippen molar-refractivity contribution >= 4 is 27.4 Å². The maximum absolute atomic E-state index is 13.0. The molecule has 126 valence electrons. The molecule has 0 bridgehead atoms. The monoisotopic (exact) mass is 366 g/mol. The summed E-state index contributed by atoms with van der Waals surface area (Å²) in [7, 11) is -3.94. The van der Waals surface area contributed by atoms with Crippen LogP contribution in [0.3, 0.4) is 0 Å². The number of carbonyl (C=O) groups is 1. The van der Waals surface area contributed by atoms with Crippen molar-refractivity contribution in [3.05, 3.63) is 65.2 Å². The summed E-state index contributed by atoms with van der Waals surface area (Å²) in [5.74, 6) is -2.12. The van der Waals surface area contributed by atoms with Crippen LogP contribution in [0.5, 0.6) is 0 Å². The molecule has 1 aliphatic carbocycles. The summed E-state index contributed by atoms with van der Waals surface area (Å²) >= 11 is 5.79. The first-order chi connectivity index (χ1) is 11.4. The first-order valence-electron chi connectivity index (χ1n) is 7.24. The second-order valence-electron chi connectivity index (χ2n) is 5.81. The molecule has 0 unspecified atom stereocenters. The molecule has 2 N–H and O–H groups in total.